The molecule has 0 saturated heterocycles. The van der Waals surface area contributed by atoms with Gasteiger partial charge in [0.25, 0.3) is 0 Å². The first-order valence-corrected chi connectivity index (χ1v) is 21.2. The van der Waals surface area contributed by atoms with Gasteiger partial charge >= 0.3 is 0 Å². The summed E-state index contributed by atoms with van der Waals surface area (Å²) in [5.74, 6) is 0. The van der Waals surface area contributed by atoms with Gasteiger partial charge in [-0.25, -0.2) is 0 Å². The van der Waals surface area contributed by atoms with E-state index in [0.29, 0.717) is 0 Å². The highest BCUT2D eigenvalue weighted by atomic mass is 16.3. The molecule has 1 aliphatic carbocycles. The third-order valence-corrected chi connectivity index (χ3v) is 13.1. The van der Waals surface area contributed by atoms with Gasteiger partial charge in [-0.15, -0.1) is 0 Å². The van der Waals surface area contributed by atoms with Crippen LogP contribution < -0.4 is 4.90 Å². The van der Waals surface area contributed by atoms with E-state index in [1.807, 2.05) is 0 Å². The van der Waals surface area contributed by atoms with Crippen LogP contribution in [0.1, 0.15) is 25.0 Å². The molecule has 10 aromatic carbocycles. The molecular weight excluding hydrogens is 739 g/mol. The number of furan rings is 1. The molecule has 1 aromatic heterocycles. The van der Waals surface area contributed by atoms with Crippen molar-refractivity contribution in [3.05, 3.63) is 223 Å². The standard InChI is InChI=1S/C59H41NO/c1-59(2)51-27-10-7-23-49(51)56-48(26-14-28-52(56)59)47-22-9-12-30-54(47)60(53-29-11-8-21-46(53)45-25-13-18-38-16-3-5-19-42(38)45)41-35-32-40(33-36-41)43-24-15-31-55-57(43)50-37-34-39-17-4-6-20-44(39)58(50)61-55/h3-37H,1-2H3. The molecule has 0 atom stereocenters. The van der Waals surface area contributed by atoms with Crippen LogP contribution in [0.25, 0.3) is 88.0 Å². The fourth-order valence-corrected chi connectivity index (χ4v) is 10.2. The van der Waals surface area contributed by atoms with Crippen LogP contribution in [0.5, 0.6) is 0 Å². The molecule has 12 rings (SSSR count). The van der Waals surface area contributed by atoms with E-state index in [0.717, 1.165) is 55.5 Å². The van der Waals surface area contributed by atoms with Crippen LogP contribution in [0, 0.1) is 0 Å². The lowest BCUT2D eigenvalue weighted by Crippen LogP contribution is -2.15. The van der Waals surface area contributed by atoms with Crippen LogP contribution in [0.4, 0.5) is 17.1 Å². The summed E-state index contributed by atoms with van der Waals surface area (Å²) in [4.78, 5) is 2.47. The molecule has 2 heteroatoms. The van der Waals surface area contributed by atoms with E-state index in [1.165, 1.54) is 60.7 Å². The third-order valence-electron chi connectivity index (χ3n) is 13.1. The quantitative estimate of drug-likeness (QED) is 0.167. The zero-order chi connectivity index (χ0) is 40.7. The van der Waals surface area contributed by atoms with E-state index >= 15 is 0 Å². The fraction of sp³-hybridized carbons (Fsp3) is 0.0508. The smallest absolute Gasteiger partial charge is 0.143 e. The largest absolute Gasteiger partial charge is 0.455 e. The molecule has 0 radical (unpaired) electrons. The van der Waals surface area contributed by atoms with Crippen molar-refractivity contribution in [2.75, 3.05) is 4.90 Å². The number of para-hydroxylation sites is 2. The Hall–Kier alpha value is -7.68. The van der Waals surface area contributed by atoms with Crippen molar-refractivity contribution in [2.24, 2.45) is 0 Å². The summed E-state index contributed by atoms with van der Waals surface area (Å²) in [6, 6.07) is 77.4. The lowest BCUT2D eigenvalue weighted by molar-refractivity contribution is 0.660. The minimum absolute atomic E-state index is 0.108. The van der Waals surface area contributed by atoms with E-state index in [1.54, 1.807) is 0 Å². The molecule has 0 fully saturated rings. The summed E-state index contributed by atoms with van der Waals surface area (Å²) < 4.78 is 6.60. The highest BCUT2D eigenvalue weighted by molar-refractivity contribution is 6.19. The van der Waals surface area contributed by atoms with Gasteiger partial charge in [-0.05, 0) is 97.1 Å². The third kappa shape index (κ3) is 5.42. The van der Waals surface area contributed by atoms with Gasteiger partial charge in [0.2, 0.25) is 0 Å². The number of anilines is 3. The zero-order valence-corrected chi connectivity index (χ0v) is 34.1. The van der Waals surface area contributed by atoms with Crippen molar-refractivity contribution in [3.8, 4) is 44.5 Å². The predicted octanol–water partition coefficient (Wildman–Crippen LogP) is 16.7. The maximum Gasteiger partial charge on any atom is 0.143 e. The molecule has 0 unspecified atom stereocenters. The summed E-state index contributed by atoms with van der Waals surface area (Å²) >= 11 is 0. The number of rotatable bonds is 6. The first-order chi connectivity index (χ1) is 30.0. The Kier molecular flexibility index (Phi) is 7.92. The van der Waals surface area contributed by atoms with E-state index in [9.17, 15) is 0 Å². The van der Waals surface area contributed by atoms with Gasteiger partial charge in [0.05, 0.1) is 11.4 Å². The van der Waals surface area contributed by atoms with Crippen molar-refractivity contribution < 1.29 is 4.42 Å². The summed E-state index contributed by atoms with van der Waals surface area (Å²) in [5, 5.41) is 7.04. The first-order valence-electron chi connectivity index (χ1n) is 21.2. The highest BCUT2D eigenvalue weighted by Gasteiger charge is 2.37. The van der Waals surface area contributed by atoms with Gasteiger partial charge in [0.1, 0.15) is 11.2 Å². The second kappa shape index (κ2) is 13.7. The molecule has 1 heterocycles. The minimum Gasteiger partial charge on any atom is -0.455 e. The summed E-state index contributed by atoms with van der Waals surface area (Å²) in [7, 11) is 0. The Morgan fingerprint density at radius 3 is 1.70 bits per heavy atom. The second-order valence-corrected chi connectivity index (χ2v) is 16.8. The molecule has 1 aliphatic rings. The molecule has 0 spiro atoms. The summed E-state index contributed by atoms with van der Waals surface area (Å²) in [6.07, 6.45) is 0. The number of fused-ring (bicyclic) bond motifs is 9. The Bertz CT molecular complexity index is 3510. The molecule has 11 aromatic rings. The average Bonchev–Trinajstić information content (AvgIpc) is 3.82. The molecule has 288 valence electrons. The Morgan fingerprint density at radius 2 is 0.918 bits per heavy atom. The summed E-state index contributed by atoms with van der Waals surface area (Å²) in [6.45, 7) is 4.72. The fourth-order valence-electron chi connectivity index (χ4n) is 10.2. The van der Waals surface area contributed by atoms with Crippen molar-refractivity contribution in [1.82, 2.24) is 0 Å². The van der Waals surface area contributed by atoms with Crippen LogP contribution in [0.3, 0.4) is 0 Å². The molecule has 0 saturated carbocycles. The molecule has 2 nitrogen and oxygen atoms in total. The van der Waals surface area contributed by atoms with Crippen LogP contribution in [-0.4, -0.2) is 0 Å². The Labute approximate surface area is 355 Å². The lowest BCUT2D eigenvalue weighted by atomic mass is 9.82. The van der Waals surface area contributed by atoms with E-state index < -0.39 is 0 Å². The Morgan fingerprint density at radius 1 is 0.377 bits per heavy atom. The highest BCUT2D eigenvalue weighted by Crippen LogP contribution is 2.54. The van der Waals surface area contributed by atoms with E-state index in [2.05, 4.69) is 231 Å². The van der Waals surface area contributed by atoms with Gasteiger partial charge < -0.3 is 9.32 Å². The maximum absolute atomic E-state index is 6.60. The van der Waals surface area contributed by atoms with Gasteiger partial charge in [0, 0.05) is 38.4 Å². The zero-order valence-electron chi connectivity index (χ0n) is 34.1. The SMILES string of the molecule is CC1(C)c2ccccc2-c2c(-c3ccccc3N(c3ccc(-c4cccc5oc6c7ccccc7ccc6c45)cc3)c3ccccc3-c3cccc4ccccc34)cccc21. The monoisotopic (exact) mass is 779 g/mol. The molecule has 61 heavy (non-hydrogen) atoms. The Balaban J connectivity index is 1.08. The molecule has 0 N–H and O–H groups in total. The lowest BCUT2D eigenvalue weighted by Gasteiger charge is -2.31. The van der Waals surface area contributed by atoms with Crippen molar-refractivity contribution in [3.63, 3.8) is 0 Å². The van der Waals surface area contributed by atoms with Gasteiger partial charge in [-0.3, -0.25) is 0 Å². The average molecular weight is 780 g/mol. The van der Waals surface area contributed by atoms with Crippen LogP contribution >= 0.6 is 0 Å². The van der Waals surface area contributed by atoms with Crippen molar-refractivity contribution in [2.45, 2.75) is 19.3 Å². The number of nitrogens with zero attached hydrogens (tertiary/aromatic N) is 1. The first kappa shape index (κ1) is 35.3. The van der Waals surface area contributed by atoms with E-state index in [4.69, 9.17) is 4.42 Å². The van der Waals surface area contributed by atoms with Crippen molar-refractivity contribution in [1.29, 1.82) is 0 Å². The van der Waals surface area contributed by atoms with Crippen LogP contribution in [0.15, 0.2) is 217 Å². The van der Waals surface area contributed by atoms with Crippen LogP contribution in [-0.2, 0) is 5.41 Å². The maximum atomic E-state index is 6.60. The normalized spacial score (nSPS) is 12.9. The minimum atomic E-state index is -0.108. The molecule has 0 aliphatic heterocycles. The van der Waals surface area contributed by atoms with Crippen LogP contribution in [0.2, 0.25) is 0 Å². The van der Waals surface area contributed by atoms with Gasteiger partial charge in [-0.2, -0.15) is 0 Å². The van der Waals surface area contributed by atoms with E-state index in [-0.39, 0.29) is 5.41 Å². The second-order valence-electron chi connectivity index (χ2n) is 16.8. The number of benzene rings is 10. The predicted molar refractivity (Wildman–Crippen MR) is 257 cm³/mol. The molecular formula is C59H41NO. The topological polar surface area (TPSA) is 16.4 Å². The molecule has 0 bridgehead atoms. The van der Waals surface area contributed by atoms with Gasteiger partial charge in [0.15, 0.2) is 0 Å². The van der Waals surface area contributed by atoms with Crippen molar-refractivity contribution >= 4 is 60.5 Å². The van der Waals surface area contributed by atoms with Gasteiger partial charge in [-0.1, -0.05) is 190 Å². The molecule has 0 amide bonds. The summed E-state index contributed by atoms with van der Waals surface area (Å²) in [5.41, 5.74) is 17.5. The number of hydrogen-bond acceptors (Lipinski definition) is 2. The number of hydrogen-bond donors (Lipinski definition) is 0.